The third-order valence-electron chi connectivity index (χ3n) is 9.71. The number of benzene rings is 6. The van der Waals surface area contributed by atoms with Crippen LogP contribution in [0.5, 0.6) is 23.0 Å². The summed E-state index contributed by atoms with van der Waals surface area (Å²) in [5, 5.41) is 0. The monoisotopic (exact) mass is 655 g/mol. The number of carbonyl (C=O) groups excluding carboxylic acids is 2. The second-order valence-corrected chi connectivity index (χ2v) is 12.9. The fourth-order valence-corrected chi connectivity index (χ4v) is 7.39. The van der Waals surface area contributed by atoms with Crippen LogP contribution in [0.15, 0.2) is 127 Å². The number of ether oxygens (including phenoxy) is 2. The predicted molar refractivity (Wildman–Crippen MR) is 197 cm³/mol. The molecule has 3 aliphatic rings. The Balaban J connectivity index is 1.35. The summed E-state index contributed by atoms with van der Waals surface area (Å²) in [7, 11) is 0. The van der Waals surface area contributed by atoms with Gasteiger partial charge in [-0.25, -0.2) is 4.90 Å². The maximum Gasteiger partial charge on any atom is 0.266 e. The number of fused-ring (bicyclic) bond motifs is 5. The second-order valence-electron chi connectivity index (χ2n) is 12.9. The maximum absolute atomic E-state index is 14.7. The molecule has 0 spiro atoms. The fourth-order valence-electron chi connectivity index (χ4n) is 7.39. The minimum atomic E-state index is -0.335. The summed E-state index contributed by atoms with van der Waals surface area (Å²) in [6.45, 7) is 6.23. The van der Waals surface area contributed by atoms with Gasteiger partial charge in [0.2, 0.25) is 0 Å². The second kappa shape index (κ2) is 11.4. The summed E-state index contributed by atoms with van der Waals surface area (Å²) in [5.41, 5.74) is 8.00. The molecule has 0 saturated carbocycles. The zero-order chi connectivity index (χ0) is 34.1. The molecule has 50 heavy (non-hydrogen) atoms. The van der Waals surface area contributed by atoms with Gasteiger partial charge in [0.05, 0.1) is 50.9 Å². The van der Waals surface area contributed by atoms with E-state index < -0.39 is 0 Å². The normalized spacial score (nSPS) is 14.0. The number of carbonyl (C=O) groups is 2. The average Bonchev–Trinajstić information content (AvgIpc) is 3.39. The Hall–Kier alpha value is -6.34. The van der Waals surface area contributed by atoms with Crippen molar-refractivity contribution in [3.8, 4) is 23.0 Å². The van der Waals surface area contributed by atoms with E-state index in [0.29, 0.717) is 57.6 Å². The third-order valence-corrected chi connectivity index (χ3v) is 9.71. The number of rotatable bonds is 5. The molecule has 0 bridgehead atoms. The summed E-state index contributed by atoms with van der Waals surface area (Å²) in [6, 6.07) is 41.3. The summed E-state index contributed by atoms with van der Waals surface area (Å²) in [6.07, 6.45) is 0.683. The van der Waals surface area contributed by atoms with E-state index in [2.05, 4.69) is 30.6 Å². The van der Waals surface area contributed by atoms with Gasteiger partial charge in [-0.05, 0) is 84.1 Å². The fraction of sp³-hybridized carbons (Fsp3) is 0.116. The molecular formula is C43H33N3O4. The van der Waals surface area contributed by atoms with E-state index in [1.54, 1.807) is 0 Å². The van der Waals surface area contributed by atoms with E-state index in [0.717, 1.165) is 33.9 Å². The Morgan fingerprint density at radius 1 is 0.500 bits per heavy atom. The van der Waals surface area contributed by atoms with Gasteiger partial charge in [-0.1, -0.05) is 87.5 Å². The minimum Gasteiger partial charge on any atom is -0.453 e. The topological polar surface area (TPSA) is 62.3 Å². The van der Waals surface area contributed by atoms with Crippen LogP contribution in [-0.2, 0) is 6.42 Å². The molecule has 0 unspecified atom stereocenters. The highest BCUT2D eigenvalue weighted by atomic mass is 16.5. The molecule has 7 heteroatoms. The Kier molecular flexibility index (Phi) is 6.78. The maximum atomic E-state index is 14.7. The van der Waals surface area contributed by atoms with E-state index in [-0.39, 0.29) is 17.7 Å². The number of hydrogen-bond donors (Lipinski definition) is 0. The van der Waals surface area contributed by atoms with Gasteiger partial charge in [-0.15, -0.1) is 0 Å². The number of amides is 2. The van der Waals surface area contributed by atoms with Crippen molar-refractivity contribution < 1.29 is 19.1 Å². The molecule has 0 aliphatic carbocycles. The zero-order valence-corrected chi connectivity index (χ0v) is 27.9. The third kappa shape index (κ3) is 4.36. The van der Waals surface area contributed by atoms with Crippen molar-refractivity contribution in [2.45, 2.75) is 33.1 Å². The van der Waals surface area contributed by atoms with Crippen LogP contribution in [-0.4, -0.2) is 11.8 Å². The van der Waals surface area contributed by atoms with Gasteiger partial charge in [-0.2, -0.15) is 0 Å². The van der Waals surface area contributed by atoms with Crippen LogP contribution in [0.25, 0.3) is 0 Å². The average molecular weight is 656 g/mol. The Morgan fingerprint density at radius 3 is 1.28 bits per heavy atom. The largest absolute Gasteiger partial charge is 0.453 e. The Labute approximate surface area is 290 Å². The summed E-state index contributed by atoms with van der Waals surface area (Å²) in [5.74, 6) is 2.17. The molecule has 0 atom stereocenters. The van der Waals surface area contributed by atoms with Crippen molar-refractivity contribution in [1.82, 2.24) is 0 Å². The Morgan fingerprint density at radius 2 is 0.900 bits per heavy atom. The molecule has 0 saturated heterocycles. The molecule has 3 heterocycles. The van der Waals surface area contributed by atoms with Crippen LogP contribution in [0.2, 0.25) is 0 Å². The minimum absolute atomic E-state index is 0.106. The molecule has 244 valence electrons. The van der Waals surface area contributed by atoms with Crippen molar-refractivity contribution >= 4 is 51.6 Å². The standard InChI is InChI=1S/C43H33N3O4/c1-4-27-14-13-15-28(26(2)3)41(27)46-42(47)29-24-35(44-31-16-5-9-20-37(31)49-38-21-10-6-17-32(38)44)36(25-30(29)43(46)48)45-33-18-7-11-22-39(33)50-40-23-12-8-19-34(40)45/h5-26H,4H2,1-3H3. The van der Waals surface area contributed by atoms with Crippen LogP contribution in [0.3, 0.4) is 0 Å². The van der Waals surface area contributed by atoms with Crippen molar-refractivity contribution in [2.75, 3.05) is 14.7 Å². The molecule has 6 aromatic rings. The molecule has 2 amide bonds. The lowest BCUT2D eigenvalue weighted by Crippen LogP contribution is -2.31. The highest BCUT2D eigenvalue weighted by molar-refractivity contribution is 6.35. The first-order valence-corrected chi connectivity index (χ1v) is 16.9. The number of nitrogens with zero attached hydrogens (tertiary/aromatic N) is 3. The highest BCUT2D eigenvalue weighted by Crippen LogP contribution is 2.58. The van der Waals surface area contributed by atoms with Crippen LogP contribution >= 0.6 is 0 Å². The van der Waals surface area contributed by atoms with Gasteiger partial charge >= 0.3 is 0 Å². The molecular weight excluding hydrogens is 622 g/mol. The van der Waals surface area contributed by atoms with Gasteiger partial charge in [0.1, 0.15) is 0 Å². The lowest BCUT2D eigenvalue weighted by molar-refractivity contribution is 0.0925. The molecule has 9 rings (SSSR count). The van der Waals surface area contributed by atoms with Crippen LogP contribution in [0, 0.1) is 0 Å². The number of aryl methyl sites for hydroxylation is 1. The predicted octanol–water partition coefficient (Wildman–Crippen LogP) is 11.3. The quantitative estimate of drug-likeness (QED) is 0.172. The van der Waals surface area contributed by atoms with Gasteiger partial charge in [-0.3, -0.25) is 9.59 Å². The van der Waals surface area contributed by atoms with E-state index in [9.17, 15) is 9.59 Å². The van der Waals surface area contributed by atoms with Crippen molar-refractivity contribution in [1.29, 1.82) is 0 Å². The van der Waals surface area contributed by atoms with Gasteiger partial charge < -0.3 is 19.3 Å². The number of imide groups is 1. The van der Waals surface area contributed by atoms with Gasteiger partial charge in [0.15, 0.2) is 23.0 Å². The van der Waals surface area contributed by atoms with Gasteiger partial charge in [0.25, 0.3) is 11.8 Å². The van der Waals surface area contributed by atoms with E-state index in [1.807, 2.05) is 127 Å². The van der Waals surface area contributed by atoms with E-state index >= 15 is 0 Å². The number of anilines is 7. The van der Waals surface area contributed by atoms with E-state index in [4.69, 9.17) is 9.47 Å². The highest BCUT2D eigenvalue weighted by Gasteiger charge is 2.42. The molecule has 0 N–H and O–H groups in total. The SMILES string of the molecule is CCc1cccc(C(C)C)c1N1C(=O)c2cc(N3c4ccccc4Oc4ccccc43)c(N3c4ccccc4Oc4ccccc43)cc2C1=O. The Bertz CT molecular complexity index is 2150. The first kappa shape index (κ1) is 29.8. The lowest BCUT2D eigenvalue weighted by atomic mass is 9.95. The summed E-state index contributed by atoms with van der Waals surface area (Å²) < 4.78 is 12.8. The molecule has 0 fully saturated rings. The number of hydrogen-bond acceptors (Lipinski definition) is 6. The van der Waals surface area contributed by atoms with Crippen LogP contribution in [0.1, 0.15) is 58.5 Å². The van der Waals surface area contributed by atoms with Crippen molar-refractivity contribution in [3.05, 3.63) is 150 Å². The van der Waals surface area contributed by atoms with Crippen molar-refractivity contribution in [3.63, 3.8) is 0 Å². The summed E-state index contributed by atoms with van der Waals surface area (Å²) >= 11 is 0. The number of para-hydroxylation sites is 9. The molecule has 3 aliphatic heterocycles. The first-order valence-electron chi connectivity index (χ1n) is 16.9. The lowest BCUT2D eigenvalue weighted by Gasteiger charge is -2.38. The van der Waals surface area contributed by atoms with E-state index in [1.165, 1.54) is 4.90 Å². The van der Waals surface area contributed by atoms with Crippen LogP contribution in [0.4, 0.5) is 39.8 Å². The first-order chi connectivity index (χ1) is 24.4. The molecule has 6 aromatic carbocycles. The smallest absolute Gasteiger partial charge is 0.266 e. The van der Waals surface area contributed by atoms with Gasteiger partial charge in [0, 0.05) is 0 Å². The molecule has 0 radical (unpaired) electrons. The van der Waals surface area contributed by atoms with Crippen LogP contribution < -0.4 is 24.2 Å². The van der Waals surface area contributed by atoms with Crippen molar-refractivity contribution in [2.24, 2.45) is 0 Å². The zero-order valence-electron chi connectivity index (χ0n) is 27.9. The molecule has 0 aromatic heterocycles. The molecule has 7 nitrogen and oxygen atoms in total. The summed E-state index contributed by atoms with van der Waals surface area (Å²) in [4.78, 5) is 35.0.